The van der Waals surface area contributed by atoms with Crippen LogP contribution < -0.4 is 10.6 Å². The third kappa shape index (κ3) is 2.78. The van der Waals surface area contributed by atoms with E-state index in [2.05, 4.69) is 26.2 Å². The van der Waals surface area contributed by atoms with Gasteiger partial charge in [0.1, 0.15) is 6.33 Å². The fourth-order valence-electron chi connectivity index (χ4n) is 2.57. The van der Waals surface area contributed by atoms with Crippen molar-refractivity contribution in [1.29, 1.82) is 0 Å². The molecule has 1 amide bonds. The number of nitrogens with zero attached hydrogens (tertiary/aromatic N) is 4. The Labute approximate surface area is 122 Å². The smallest absolute Gasteiger partial charge is 0.231 e. The molecular weight excluding hydrogens is 268 g/mol. The van der Waals surface area contributed by atoms with Crippen LogP contribution in [0.15, 0.2) is 30.6 Å². The summed E-state index contributed by atoms with van der Waals surface area (Å²) in [6.07, 6.45) is 3.41. The van der Waals surface area contributed by atoms with Crippen LogP contribution in [0.1, 0.15) is 19.8 Å². The monoisotopic (exact) mass is 286 g/mol. The lowest BCUT2D eigenvalue weighted by atomic mass is 9.82. The molecule has 1 fully saturated rings. The zero-order valence-electron chi connectivity index (χ0n) is 11.9. The Balaban J connectivity index is 1.83. The maximum Gasteiger partial charge on any atom is 0.231 e. The quantitative estimate of drug-likeness (QED) is 0.879. The number of nitrogens with one attached hydrogen (secondary N) is 2. The van der Waals surface area contributed by atoms with E-state index in [9.17, 15) is 4.79 Å². The van der Waals surface area contributed by atoms with Gasteiger partial charge in [-0.15, -0.1) is 5.10 Å². The summed E-state index contributed by atoms with van der Waals surface area (Å²) < 4.78 is 1.54. The lowest BCUT2D eigenvalue weighted by molar-refractivity contribution is -0.125. The molecule has 0 aliphatic carbocycles. The van der Waals surface area contributed by atoms with E-state index in [1.54, 1.807) is 0 Å². The average molecular weight is 286 g/mol. The first-order valence-corrected chi connectivity index (χ1v) is 7.04. The van der Waals surface area contributed by atoms with E-state index in [-0.39, 0.29) is 11.3 Å². The lowest BCUT2D eigenvalue weighted by Gasteiger charge is -2.32. The molecule has 0 saturated carbocycles. The number of tetrazole rings is 1. The summed E-state index contributed by atoms with van der Waals surface area (Å²) in [5, 5.41) is 17.4. The van der Waals surface area contributed by atoms with Crippen LogP contribution in [0.2, 0.25) is 0 Å². The summed E-state index contributed by atoms with van der Waals surface area (Å²) in [6, 6.07) is 7.49. The third-order valence-electron chi connectivity index (χ3n) is 3.89. The summed E-state index contributed by atoms with van der Waals surface area (Å²) in [5.74, 6) is 0.0234. The predicted octanol–water partition coefficient (Wildman–Crippen LogP) is 0.990. The number of amides is 1. The Morgan fingerprint density at radius 1 is 1.43 bits per heavy atom. The van der Waals surface area contributed by atoms with Gasteiger partial charge < -0.3 is 10.6 Å². The van der Waals surface area contributed by atoms with Crippen molar-refractivity contribution in [2.45, 2.75) is 19.8 Å². The zero-order chi connectivity index (χ0) is 14.7. The minimum Gasteiger partial charge on any atom is -0.324 e. The summed E-state index contributed by atoms with van der Waals surface area (Å²) >= 11 is 0. The van der Waals surface area contributed by atoms with Crippen molar-refractivity contribution in [2.75, 3.05) is 18.4 Å². The van der Waals surface area contributed by atoms with Crippen molar-refractivity contribution in [3.05, 3.63) is 30.6 Å². The molecule has 21 heavy (non-hydrogen) atoms. The maximum atomic E-state index is 12.6. The number of benzene rings is 1. The Morgan fingerprint density at radius 3 is 3.00 bits per heavy atom. The Kier molecular flexibility index (Phi) is 3.66. The topological polar surface area (TPSA) is 84.7 Å². The number of piperidine rings is 1. The number of hydrogen-bond donors (Lipinski definition) is 2. The number of aromatic nitrogens is 4. The second kappa shape index (κ2) is 5.61. The summed E-state index contributed by atoms with van der Waals surface area (Å²) in [7, 11) is 0. The van der Waals surface area contributed by atoms with Crippen molar-refractivity contribution in [1.82, 2.24) is 25.5 Å². The van der Waals surface area contributed by atoms with Gasteiger partial charge in [-0.1, -0.05) is 12.1 Å². The van der Waals surface area contributed by atoms with Crippen LogP contribution in [0, 0.1) is 5.41 Å². The molecule has 3 rings (SSSR count). The van der Waals surface area contributed by atoms with Gasteiger partial charge in [0.05, 0.1) is 16.8 Å². The van der Waals surface area contributed by atoms with E-state index in [4.69, 9.17) is 0 Å². The second-order valence-corrected chi connectivity index (χ2v) is 5.57. The molecule has 0 radical (unpaired) electrons. The van der Waals surface area contributed by atoms with Gasteiger partial charge in [-0.05, 0) is 48.9 Å². The normalized spacial score (nSPS) is 22.0. The maximum absolute atomic E-state index is 12.6. The molecule has 110 valence electrons. The molecule has 1 aromatic heterocycles. The van der Waals surface area contributed by atoms with E-state index in [1.807, 2.05) is 31.2 Å². The van der Waals surface area contributed by atoms with Crippen molar-refractivity contribution < 1.29 is 4.79 Å². The minimum absolute atomic E-state index is 0.0234. The number of hydrogen-bond acceptors (Lipinski definition) is 5. The van der Waals surface area contributed by atoms with Crippen LogP contribution in [0.4, 0.5) is 5.69 Å². The van der Waals surface area contributed by atoms with Crippen LogP contribution in [0.5, 0.6) is 0 Å². The van der Waals surface area contributed by atoms with E-state index in [1.165, 1.54) is 11.0 Å². The van der Waals surface area contributed by atoms with Gasteiger partial charge in [-0.25, -0.2) is 0 Å². The molecular formula is C14H18N6O. The van der Waals surface area contributed by atoms with Crippen molar-refractivity contribution in [3.8, 4) is 5.69 Å². The predicted molar refractivity (Wildman–Crippen MR) is 78.0 cm³/mol. The van der Waals surface area contributed by atoms with Crippen LogP contribution in [-0.4, -0.2) is 39.2 Å². The van der Waals surface area contributed by atoms with Crippen molar-refractivity contribution in [3.63, 3.8) is 0 Å². The van der Waals surface area contributed by atoms with Gasteiger partial charge >= 0.3 is 0 Å². The molecule has 7 heteroatoms. The van der Waals surface area contributed by atoms with Crippen molar-refractivity contribution in [2.24, 2.45) is 5.41 Å². The average Bonchev–Trinajstić information content (AvgIpc) is 3.02. The third-order valence-corrected chi connectivity index (χ3v) is 3.89. The summed E-state index contributed by atoms with van der Waals surface area (Å²) in [5.41, 5.74) is 1.08. The van der Waals surface area contributed by atoms with Gasteiger partial charge in [-0.2, -0.15) is 4.68 Å². The zero-order valence-corrected chi connectivity index (χ0v) is 11.9. The first-order chi connectivity index (χ1) is 10.2. The minimum atomic E-state index is -0.383. The highest BCUT2D eigenvalue weighted by atomic mass is 16.2. The molecule has 1 unspecified atom stereocenters. The van der Waals surface area contributed by atoms with Gasteiger partial charge in [-0.3, -0.25) is 4.79 Å². The highest BCUT2D eigenvalue weighted by Gasteiger charge is 2.34. The van der Waals surface area contributed by atoms with Crippen molar-refractivity contribution >= 4 is 11.6 Å². The van der Waals surface area contributed by atoms with Crippen LogP contribution in [0.25, 0.3) is 5.69 Å². The summed E-state index contributed by atoms with van der Waals surface area (Å²) in [4.78, 5) is 12.6. The van der Waals surface area contributed by atoms with Gasteiger partial charge in [0, 0.05) is 6.54 Å². The van der Waals surface area contributed by atoms with Gasteiger partial charge in [0.25, 0.3) is 0 Å². The molecule has 2 aromatic rings. The largest absolute Gasteiger partial charge is 0.324 e. The highest BCUT2D eigenvalue weighted by molar-refractivity contribution is 5.97. The second-order valence-electron chi connectivity index (χ2n) is 5.57. The van der Waals surface area contributed by atoms with Crippen LogP contribution >= 0.6 is 0 Å². The molecule has 7 nitrogen and oxygen atoms in total. The molecule has 1 aliphatic heterocycles. The Hall–Kier alpha value is -2.28. The number of rotatable bonds is 3. The SMILES string of the molecule is CC1(C(=O)Nc2ccccc2-n2cnnn2)CCCNC1. The molecule has 1 aromatic carbocycles. The van der Waals surface area contributed by atoms with E-state index >= 15 is 0 Å². The molecule has 2 N–H and O–H groups in total. The van der Waals surface area contributed by atoms with E-state index in [0.717, 1.165) is 25.1 Å². The number of carbonyl (C=O) groups excluding carboxylic acids is 1. The molecule has 0 spiro atoms. The molecule has 1 aliphatic rings. The van der Waals surface area contributed by atoms with E-state index < -0.39 is 0 Å². The lowest BCUT2D eigenvalue weighted by Crippen LogP contribution is -2.46. The molecule has 1 saturated heterocycles. The van der Waals surface area contributed by atoms with Gasteiger partial charge in [0.15, 0.2) is 0 Å². The first kappa shape index (κ1) is 13.7. The van der Waals surface area contributed by atoms with E-state index in [0.29, 0.717) is 12.2 Å². The van der Waals surface area contributed by atoms with Crippen LogP contribution in [0.3, 0.4) is 0 Å². The fraction of sp³-hybridized carbons (Fsp3) is 0.429. The van der Waals surface area contributed by atoms with Gasteiger partial charge in [0.2, 0.25) is 5.91 Å². The fourth-order valence-corrected chi connectivity index (χ4v) is 2.57. The summed E-state index contributed by atoms with van der Waals surface area (Å²) in [6.45, 7) is 3.67. The molecule has 1 atom stereocenters. The Morgan fingerprint density at radius 2 is 2.29 bits per heavy atom. The number of para-hydroxylation sites is 2. The Bertz CT molecular complexity index is 618. The molecule has 0 bridgehead atoms. The number of anilines is 1. The van der Waals surface area contributed by atoms with Crippen LogP contribution in [-0.2, 0) is 4.79 Å². The highest BCUT2D eigenvalue weighted by Crippen LogP contribution is 2.28. The molecule has 2 heterocycles. The number of carbonyl (C=O) groups is 1. The first-order valence-electron chi connectivity index (χ1n) is 7.04. The standard InChI is InChI=1S/C14H18N6O/c1-14(7-4-8-15-9-14)13(21)17-11-5-2-3-6-12(11)20-10-16-18-19-20/h2-3,5-6,10,15H,4,7-9H2,1H3,(H,17,21).